The fraction of sp³-hybridized carbons (Fsp3) is 0.714. The molecular weight excluding hydrogens is 256 g/mol. The summed E-state index contributed by atoms with van der Waals surface area (Å²) in [5, 5.41) is 9.99. The molecule has 0 saturated heterocycles. The van der Waals surface area contributed by atoms with Gasteiger partial charge in [-0.15, -0.1) is 11.3 Å². The van der Waals surface area contributed by atoms with Gasteiger partial charge in [0.1, 0.15) is 0 Å². The van der Waals surface area contributed by atoms with Gasteiger partial charge in [0.2, 0.25) is 0 Å². The Morgan fingerprint density at radius 2 is 2.00 bits per heavy atom. The van der Waals surface area contributed by atoms with E-state index in [0.717, 1.165) is 11.7 Å². The summed E-state index contributed by atoms with van der Waals surface area (Å²) in [5.41, 5.74) is 1.08. The first-order valence-electron chi connectivity index (χ1n) is 6.85. The summed E-state index contributed by atoms with van der Waals surface area (Å²) < 4.78 is 0. The normalized spacial score (nSPS) is 14.0. The van der Waals surface area contributed by atoms with E-state index in [4.69, 9.17) is 0 Å². The molecule has 1 aromatic rings. The van der Waals surface area contributed by atoms with Gasteiger partial charge in [-0.1, -0.05) is 27.7 Å². The highest BCUT2D eigenvalue weighted by Crippen LogP contribution is 2.18. The second-order valence-electron chi connectivity index (χ2n) is 5.43. The molecule has 19 heavy (non-hydrogen) atoms. The summed E-state index contributed by atoms with van der Waals surface area (Å²) in [5.74, 6) is 1.91. The third-order valence-corrected chi connectivity index (χ3v) is 4.28. The van der Waals surface area contributed by atoms with Crippen molar-refractivity contribution in [1.29, 1.82) is 0 Å². The van der Waals surface area contributed by atoms with E-state index < -0.39 is 0 Å². The van der Waals surface area contributed by atoms with Crippen LogP contribution in [0, 0.1) is 5.92 Å². The van der Waals surface area contributed by atoms with Crippen LogP contribution in [-0.4, -0.2) is 24.0 Å². The zero-order valence-electron chi connectivity index (χ0n) is 12.8. The number of thiazole rings is 1. The first-order chi connectivity index (χ1) is 8.93. The Bertz CT molecular complexity index is 409. The predicted molar refractivity (Wildman–Crippen MR) is 83.8 cm³/mol. The Labute approximate surface area is 120 Å². The fourth-order valence-electron chi connectivity index (χ4n) is 1.42. The highest BCUT2D eigenvalue weighted by Gasteiger charge is 2.10. The number of rotatable bonds is 5. The van der Waals surface area contributed by atoms with Crippen molar-refractivity contribution in [2.45, 2.75) is 53.1 Å². The third kappa shape index (κ3) is 5.19. The monoisotopic (exact) mass is 282 g/mol. The van der Waals surface area contributed by atoms with E-state index in [2.05, 4.69) is 60.6 Å². The van der Waals surface area contributed by atoms with Crippen LogP contribution in [0.1, 0.15) is 51.2 Å². The molecule has 1 rings (SSSR count). The number of nitrogens with one attached hydrogen (secondary N) is 2. The van der Waals surface area contributed by atoms with Gasteiger partial charge in [0.25, 0.3) is 0 Å². The van der Waals surface area contributed by atoms with E-state index >= 15 is 0 Å². The van der Waals surface area contributed by atoms with Gasteiger partial charge in [-0.2, -0.15) is 0 Å². The van der Waals surface area contributed by atoms with Crippen LogP contribution in [-0.2, 0) is 6.54 Å². The zero-order valence-corrected chi connectivity index (χ0v) is 13.6. The topological polar surface area (TPSA) is 49.3 Å². The predicted octanol–water partition coefficient (Wildman–Crippen LogP) is 2.98. The van der Waals surface area contributed by atoms with Crippen molar-refractivity contribution < 1.29 is 0 Å². The molecule has 5 heteroatoms. The lowest BCUT2D eigenvalue weighted by molar-refractivity contribution is 0.480. The lowest BCUT2D eigenvalue weighted by Crippen LogP contribution is -2.43. The van der Waals surface area contributed by atoms with Crippen LogP contribution in [0.25, 0.3) is 0 Å². The van der Waals surface area contributed by atoms with Crippen molar-refractivity contribution in [2.24, 2.45) is 10.9 Å². The minimum absolute atomic E-state index is 0.396. The minimum Gasteiger partial charge on any atom is -0.354 e. The summed E-state index contributed by atoms with van der Waals surface area (Å²) >= 11 is 1.72. The molecule has 0 aliphatic heterocycles. The van der Waals surface area contributed by atoms with Gasteiger partial charge in [0.15, 0.2) is 5.96 Å². The largest absolute Gasteiger partial charge is 0.354 e. The Balaban J connectivity index is 2.49. The van der Waals surface area contributed by atoms with E-state index in [0.29, 0.717) is 24.4 Å². The molecule has 4 nitrogen and oxygen atoms in total. The molecule has 0 aliphatic carbocycles. The zero-order chi connectivity index (χ0) is 14.4. The van der Waals surface area contributed by atoms with Crippen LogP contribution in [0.5, 0.6) is 0 Å². The Morgan fingerprint density at radius 1 is 1.32 bits per heavy atom. The summed E-state index contributed by atoms with van der Waals surface area (Å²) in [6, 6.07) is 0.396. The second-order valence-corrected chi connectivity index (χ2v) is 6.32. The Hall–Kier alpha value is -1.10. The maximum absolute atomic E-state index is 4.60. The standard InChI is InChI=1S/C14H26N4S/c1-9(2)11(5)17-14(15-6)16-7-12-8-19-13(18-12)10(3)4/h8-11H,7H2,1-6H3,(H2,15,16,17). The number of nitrogens with zero attached hydrogens (tertiary/aromatic N) is 2. The molecule has 2 N–H and O–H groups in total. The van der Waals surface area contributed by atoms with Gasteiger partial charge in [0, 0.05) is 24.4 Å². The molecule has 1 aromatic heterocycles. The number of guanidine groups is 1. The molecular formula is C14H26N4S. The van der Waals surface area contributed by atoms with Crippen molar-refractivity contribution in [3.05, 3.63) is 16.1 Å². The third-order valence-electron chi connectivity index (χ3n) is 3.09. The summed E-state index contributed by atoms with van der Waals surface area (Å²) in [6.07, 6.45) is 0. The molecule has 1 atom stereocenters. The van der Waals surface area contributed by atoms with Crippen LogP contribution in [0.3, 0.4) is 0 Å². The maximum atomic E-state index is 4.60. The van der Waals surface area contributed by atoms with E-state index in [1.165, 1.54) is 5.01 Å². The van der Waals surface area contributed by atoms with Gasteiger partial charge >= 0.3 is 0 Å². The molecule has 0 amide bonds. The number of aliphatic imine (C=N–C) groups is 1. The molecule has 0 bridgehead atoms. The number of hydrogen-bond acceptors (Lipinski definition) is 3. The van der Waals surface area contributed by atoms with Crippen LogP contribution < -0.4 is 10.6 Å². The van der Waals surface area contributed by atoms with Gasteiger partial charge in [-0.25, -0.2) is 4.98 Å². The highest BCUT2D eigenvalue weighted by atomic mass is 32.1. The molecule has 0 aromatic carbocycles. The average Bonchev–Trinajstić information content (AvgIpc) is 2.82. The molecule has 0 radical (unpaired) electrons. The first kappa shape index (κ1) is 16.0. The number of hydrogen-bond donors (Lipinski definition) is 2. The average molecular weight is 282 g/mol. The van der Waals surface area contributed by atoms with Crippen LogP contribution in [0.4, 0.5) is 0 Å². The van der Waals surface area contributed by atoms with E-state index in [9.17, 15) is 0 Å². The van der Waals surface area contributed by atoms with Gasteiger partial charge in [-0.3, -0.25) is 4.99 Å². The van der Waals surface area contributed by atoms with Gasteiger partial charge in [-0.05, 0) is 12.8 Å². The lowest BCUT2D eigenvalue weighted by Gasteiger charge is -2.20. The SMILES string of the molecule is CN=C(NCc1csc(C(C)C)n1)NC(C)C(C)C. The smallest absolute Gasteiger partial charge is 0.191 e. The van der Waals surface area contributed by atoms with Gasteiger partial charge < -0.3 is 10.6 Å². The van der Waals surface area contributed by atoms with Crippen molar-refractivity contribution in [3.8, 4) is 0 Å². The summed E-state index contributed by atoms with van der Waals surface area (Å²) in [6.45, 7) is 11.6. The highest BCUT2D eigenvalue weighted by molar-refractivity contribution is 7.09. The van der Waals surface area contributed by atoms with Crippen LogP contribution >= 0.6 is 11.3 Å². The maximum Gasteiger partial charge on any atom is 0.191 e. The van der Waals surface area contributed by atoms with E-state index in [-0.39, 0.29) is 0 Å². The second kappa shape index (κ2) is 7.48. The van der Waals surface area contributed by atoms with Crippen LogP contribution in [0.15, 0.2) is 10.4 Å². The molecule has 1 unspecified atom stereocenters. The van der Waals surface area contributed by atoms with Crippen molar-refractivity contribution >= 4 is 17.3 Å². The molecule has 0 aliphatic rings. The lowest BCUT2D eigenvalue weighted by atomic mass is 10.1. The first-order valence-corrected chi connectivity index (χ1v) is 7.73. The summed E-state index contributed by atoms with van der Waals surface area (Å²) in [4.78, 5) is 8.84. The molecule has 0 saturated carbocycles. The molecule has 0 spiro atoms. The van der Waals surface area contributed by atoms with Crippen molar-refractivity contribution in [2.75, 3.05) is 7.05 Å². The fourth-order valence-corrected chi connectivity index (χ4v) is 2.26. The molecule has 108 valence electrons. The quantitative estimate of drug-likeness (QED) is 0.645. The minimum atomic E-state index is 0.396. The van der Waals surface area contributed by atoms with Crippen molar-refractivity contribution in [1.82, 2.24) is 15.6 Å². The van der Waals surface area contributed by atoms with E-state index in [1.54, 1.807) is 18.4 Å². The molecule has 0 fully saturated rings. The number of aromatic nitrogens is 1. The van der Waals surface area contributed by atoms with Crippen LogP contribution in [0.2, 0.25) is 0 Å². The Morgan fingerprint density at radius 3 is 2.47 bits per heavy atom. The van der Waals surface area contributed by atoms with Gasteiger partial charge in [0.05, 0.1) is 17.2 Å². The Kier molecular flexibility index (Phi) is 6.28. The molecule has 1 heterocycles. The van der Waals surface area contributed by atoms with E-state index in [1.807, 2.05) is 0 Å². The van der Waals surface area contributed by atoms with Crippen molar-refractivity contribution in [3.63, 3.8) is 0 Å². The summed E-state index contributed by atoms with van der Waals surface area (Å²) in [7, 11) is 1.79.